The average molecular weight is 506 g/mol. The second-order valence-electron chi connectivity index (χ2n) is 9.68. The summed E-state index contributed by atoms with van der Waals surface area (Å²) in [6, 6.07) is 9.50. The van der Waals surface area contributed by atoms with Crippen molar-refractivity contribution in [2.75, 3.05) is 18.0 Å². The van der Waals surface area contributed by atoms with Crippen LogP contribution in [0.1, 0.15) is 68.4 Å². The van der Waals surface area contributed by atoms with Crippen LogP contribution in [0.5, 0.6) is 0 Å². The minimum atomic E-state index is -0.267. The zero-order valence-electron chi connectivity index (χ0n) is 21.1. The van der Waals surface area contributed by atoms with E-state index >= 15 is 0 Å². The first-order valence-corrected chi connectivity index (χ1v) is 13.2. The summed E-state index contributed by atoms with van der Waals surface area (Å²) >= 11 is 1.64. The van der Waals surface area contributed by atoms with Gasteiger partial charge in [-0.15, -0.1) is 11.3 Å². The number of thiophene rings is 1. The maximum absolute atomic E-state index is 13.5. The smallest absolute Gasteiger partial charge is 0.263 e. The Morgan fingerprint density at radius 3 is 2.53 bits per heavy atom. The second kappa shape index (κ2) is 9.54. The highest BCUT2D eigenvalue weighted by atomic mass is 32.1. The Bertz CT molecular complexity index is 1320. The van der Waals surface area contributed by atoms with Gasteiger partial charge in [-0.05, 0) is 57.2 Å². The van der Waals surface area contributed by atoms with Gasteiger partial charge in [-0.25, -0.2) is 0 Å². The predicted octanol–water partition coefficient (Wildman–Crippen LogP) is 3.99. The third-order valence-corrected chi connectivity index (χ3v) is 8.54. The van der Waals surface area contributed by atoms with E-state index in [0.29, 0.717) is 37.1 Å². The SMILES string of the molecule is Cc1nn(C)c(C)c1CN1C(=O)c2cccc(N3CCC(C(=O)NC(C)c4cccs4)CC3)c2C1=O. The Labute approximate surface area is 214 Å². The van der Waals surface area contributed by atoms with Gasteiger partial charge in [-0.1, -0.05) is 12.1 Å². The van der Waals surface area contributed by atoms with Gasteiger partial charge in [-0.2, -0.15) is 5.10 Å². The zero-order valence-corrected chi connectivity index (χ0v) is 21.9. The quantitative estimate of drug-likeness (QED) is 0.512. The fraction of sp³-hybridized carbons (Fsp3) is 0.407. The van der Waals surface area contributed by atoms with Crippen LogP contribution in [0.2, 0.25) is 0 Å². The van der Waals surface area contributed by atoms with Crippen molar-refractivity contribution >= 4 is 34.7 Å². The minimum absolute atomic E-state index is 0.00497. The largest absolute Gasteiger partial charge is 0.371 e. The highest BCUT2D eigenvalue weighted by molar-refractivity contribution is 7.10. The molecule has 0 bridgehead atoms. The topological polar surface area (TPSA) is 87.5 Å². The van der Waals surface area contributed by atoms with E-state index in [1.54, 1.807) is 22.1 Å². The van der Waals surface area contributed by atoms with E-state index < -0.39 is 0 Å². The van der Waals surface area contributed by atoms with Crippen molar-refractivity contribution in [2.45, 2.75) is 46.2 Å². The number of hydrogen-bond acceptors (Lipinski definition) is 6. The summed E-state index contributed by atoms with van der Waals surface area (Å²) in [5, 5.41) is 9.58. The van der Waals surface area contributed by atoms with Crippen LogP contribution in [-0.2, 0) is 18.4 Å². The fourth-order valence-electron chi connectivity index (χ4n) is 5.25. The molecule has 5 rings (SSSR count). The average Bonchev–Trinajstić information content (AvgIpc) is 3.56. The van der Waals surface area contributed by atoms with Crippen LogP contribution in [0.25, 0.3) is 0 Å². The van der Waals surface area contributed by atoms with Gasteiger partial charge >= 0.3 is 0 Å². The van der Waals surface area contributed by atoms with E-state index in [2.05, 4.69) is 15.3 Å². The van der Waals surface area contributed by atoms with E-state index in [1.165, 1.54) is 4.90 Å². The second-order valence-corrected chi connectivity index (χ2v) is 10.7. The molecule has 3 aromatic rings. The molecule has 1 fully saturated rings. The molecule has 1 unspecified atom stereocenters. The lowest BCUT2D eigenvalue weighted by molar-refractivity contribution is -0.126. The molecular weight excluding hydrogens is 474 g/mol. The Hall–Kier alpha value is -3.46. The van der Waals surface area contributed by atoms with Gasteiger partial charge in [0.25, 0.3) is 11.8 Å². The third-order valence-electron chi connectivity index (χ3n) is 7.49. The number of carbonyl (C=O) groups excluding carboxylic acids is 3. The molecule has 36 heavy (non-hydrogen) atoms. The van der Waals surface area contributed by atoms with Crippen molar-refractivity contribution in [1.29, 1.82) is 0 Å². The molecule has 1 saturated heterocycles. The molecular formula is C27H31N5O3S. The molecule has 4 heterocycles. The zero-order chi connectivity index (χ0) is 25.6. The van der Waals surface area contributed by atoms with Crippen LogP contribution in [0.3, 0.4) is 0 Å². The van der Waals surface area contributed by atoms with Crippen molar-refractivity contribution in [3.8, 4) is 0 Å². The van der Waals surface area contributed by atoms with Crippen LogP contribution >= 0.6 is 11.3 Å². The lowest BCUT2D eigenvalue weighted by Crippen LogP contribution is -2.41. The summed E-state index contributed by atoms with van der Waals surface area (Å²) < 4.78 is 1.77. The van der Waals surface area contributed by atoms with Gasteiger partial charge in [-0.3, -0.25) is 24.0 Å². The first-order valence-electron chi connectivity index (χ1n) is 12.3. The number of nitrogens with one attached hydrogen (secondary N) is 1. The van der Waals surface area contributed by atoms with Crippen molar-refractivity contribution in [3.05, 3.63) is 68.7 Å². The van der Waals surface area contributed by atoms with Crippen LogP contribution in [0.15, 0.2) is 35.7 Å². The van der Waals surface area contributed by atoms with Crippen molar-refractivity contribution in [3.63, 3.8) is 0 Å². The van der Waals surface area contributed by atoms with Gasteiger partial charge in [0.15, 0.2) is 0 Å². The molecule has 1 N–H and O–H groups in total. The normalized spacial score (nSPS) is 17.0. The number of piperidine rings is 1. The molecule has 0 radical (unpaired) electrons. The number of anilines is 1. The van der Waals surface area contributed by atoms with Gasteiger partial charge in [0.05, 0.1) is 35.1 Å². The molecule has 0 saturated carbocycles. The first kappa shape index (κ1) is 24.2. The van der Waals surface area contributed by atoms with Crippen LogP contribution in [-0.4, -0.2) is 45.5 Å². The molecule has 8 nitrogen and oxygen atoms in total. The third kappa shape index (κ3) is 4.21. The minimum Gasteiger partial charge on any atom is -0.371 e. The number of benzene rings is 1. The number of nitrogens with zero attached hydrogens (tertiary/aromatic N) is 4. The Balaban J connectivity index is 1.29. The maximum atomic E-state index is 13.5. The Kier molecular flexibility index (Phi) is 6.42. The molecule has 188 valence electrons. The highest BCUT2D eigenvalue weighted by Crippen LogP contribution is 2.35. The van der Waals surface area contributed by atoms with E-state index in [4.69, 9.17) is 0 Å². The Morgan fingerprint density at radius 1 is 1.14 bits per heavy atom. The van der Waals surface area contributed by atoms with Gasteiger partial charge < -0.3 is 10.2 Å². The summed E-state index contributed by atoms with van der Waals surface area (Å²) in [7, 11) is 1.86. The lowest BCUT2D eigenvalue weighted by atomic mass is 9.94. The number of aromatic nitrogens is 2. The molecule has 0 spiro atoms. The highest BCUT2D eigenvalue weighted by Gasteiger charge is 2.40. The summed E-state index contributed by atoms with van der Waals surface area (Å²) in [4.78, 5) is 44.2. The van der Waals surface area contributed by atoms with Gasteiger partial charge in [0.1, 0.15) is 0 Å². The van der Waals surface area contributed by atoms with Crippen molar-refractivity contribution in [1.82, 2.24) is 20.0 Å². The number of fused-ring (bicyclic) bond motifs is 1. The molecule has 2 aromatic heterocycles. The molecule has 1 aromatic carbocycles. The standard InChI is InChI=1S/C27H31N5O3S/c1-16-21(18(3)30(4)29-16)15-32-26(34)20-7-5-8-22(24(20)27(32)35)31-12-10-19(11-13-31)25(33)28-17(2)23-9-6-14-36-23/h5-9,14,17,19H,10-13,15H2,1-4H3,(H,28,33). The number of amides is 3. The summed E-state index contributed by atoms with van der Waals surface area (Å²) in [5.41, 5.74) is 4.35. The molecule has 2 aliphatic rings. The van der Waals surface area contributed by atoms with Gasteiger partial charge in [0.2, 0.25) is 5.91 Å². The first-order chi connectivity index (χ1) is 17.3. The fourth-order valence-corrected chi connectivity index (χ4v) is 5.98. The molecule has 2 aliphatic heterocycles. The number of aryl methyl sites for hydroxylation is 2. The lowest BCUT2D eigenvalue weighted by Gasteiger charge is -2.34. The number of carbonyl (C=O) groups is 3. The van der Waals surface area contributed by atoms with E-state index in [9.17, 15) is 14.4 Å². The predicted molar refractivity (Wildman–Crippen MR) is 139 cm³/mol. The summed E-state index contributed by atoms with van der Waals surface area (Å²) in [6.07, 6.45) is 1.40. The van der Waals surface area contributed by atoms with Crippen LogP contribution in [0.4, 0.5) is 5.69 Å². The summed E-state index contributed by atoms with van der Waals surface area (Å²) in [5.74, 6) is -0.520. The number of rotatable bonds is 6. The van der Waals surface area contributed by atoms with Crippen molar-refractivity contribution in [2.24, 2.45) is 13.0 Å². The monoisotopic (exact) mass is 505 g/mol. The van der Waals surface area contributed by atoms with E-state index in [-0.39, 0.29) is 36.2 Å². The van der Waals surface area contributed by atoms with Crippen LogP contribution in [0, 0.1) is 19.8 Å². The molecule has 3 amide bonds. The Morgan fingerprint density at radius 2 is 1.89 bits per heavy atom. The van der Waals surface area contributed by atoms with Crippen LogP contribution < -0.4 is 10.2 Å². The molecule has 1 atom stereocenters. The van der Waals surface area contributed by atoms with E-state index in [1.807, 2.05) is 57.5 Å². The summed E-state index contributed by atoms with van der Waals surface area (Å²) in [6.45, 7) is 7.37. The van der Waals surface area contributed by atoms with Gasteiger partial charge in [0, 0.05) is 42.2 Å². The molecule has 9 heteroatoms. The van der Waals surface area contributed by atoms with Crippen molar-refractivity contribution < 1.29 is 14.4 Å². The number of imide groups is 1. The van der Waals surface area contributed by atoms with E-state index in [0.717, 1.165) is 27.5 Å². The maximum Gasteiger partial charge on any atom is 0.263 e. The molecule has 0 aliphatic carbocycles. The number of hydrogen-bond donors (Lipinski definition) is 1.